The molecule has 1 unspecified atom stereocenters. The maximum absolute atomic E-state index is 13.0. The Morgan fingerprint density at radius 3 is 2.58 bits per heavy atom. The average Bonchev–Trinajstić information content (AvgIpc) is 2.30. The van der Waals surface area contributed by atoms with Gasteiger partial charge in [0.2, 0.25) is 0 Å². The Balaban J connectivity index is 2.48. The molecule has 1 heterocycles. The minimum atomic E-state index is -0.239. The van der Waals surface area contributed by atoms with Crippen LogP contribution in [0.4, 0.5) is 15.8 Å². The summed E-state index contributed by atoms with van der Waals surface area (Å²) in [6, 6.07) is 3.22. The molecule has 0 aromatic heterocycles. The minimum absolute atomic E-state index is 0.175. The molecule has 0 radical (unpaired) electrons. The molecule has 0 amide bonds. The third-order valence-corrected chi connectivity index (χ3v) is 2.41. The molecular weight excluding hydrogens is 223 g/mol. The second-order valence-electron chi connectivity index (χ2n) is 2.82. The smallest absolute Gasteiger partial charge is 0.139 e. The van der Waals surface area contributed by atoms with E-state index in [1.54, 1.807) is 6.07 Å². The van der Waals surface area contributed by atoms with Gasteiger partial charge in [-0.1, -0.05) is 0 Å². The molecule has 0 spiro atoms. The van der Waals surface area contributed by atoms with E-state index in [1.165, 1.54) is 6.07 Å². The van der Waals surface area contributed by atoms with Crippen molar-refractivity contribution >= 4 is 27.3 Å². The van der Waals surface area contributed by atoms with Crippen LogP contribution in [0.2, 0.25) is 0 Å². The zero-order chi connectivity index (χ0) is 8.72. The Kier molecular flexibility index (Phi) is 1.72. The monoisotopic (exact) mass is 230 g/mol. The first-order valence-corrected chi connectivity index (χ1v) is 4.48. The second-order valence-corrected chi connectivity index (χ2v) is 3.68. The van der Waals surface area contributed by atoms with Crippen LogP contribution < -0.4 is 10.6 Å². The summed E-state index contributed by atoms with van der Waals surface area (Å²) in [5, 5.41) is 6.25. The largest absolute Gasteiger partial charge is 0.364 e. The molecule has 2 nitrogen and oxygen atoms in total. The lowest BCUT2D eigenvalue weighted by atomic mass is 10.3. The van der Waals surface area contributed by atoms with Gasteiger partial charge in [0, 0.05) is 6.07 Å². The van der Waals surface area contributed by atoms with E-state index in [0.29, 0.717) is 4.47 Å². The molecule has 1 aliphatic rings. The van der Waals surface area contributed by atoms with Gasteiger partial charge in [-0.25, -0.2) is 4.39 Å². The molecule has 1 atom stereocenters. The highest BCUT2D eigenvalue weighted by molar-refractivity contribution is 9.10. The van der Waals surface area contributed by atoms with Crippen LogP contribution in [-0.2, 0) is 0 Å². The third-order valence-electron chi connectivity index (χ3n) is 1.80. The molecule has 64 valence electrons. The molecule has 1 aromatic carbocycles. The Labute approximate surface area is 78.3 Å². The molecule has 0 saturated carbocycles. The van der Waals surface area contributed by atoms with Gasteiger partial charge in [0.25, 0.3) is 0 Å². The molecule has 2 rings (SSSR count). The predicted octanol–water partition coefficient (Wildman–Crippen LogP) is 2.77. The normalized spacial score (nSPS) is 19.8. The molecule has 0 fully saturated rings. The number of rotatable bonds is 0. The third kappa shape index (κ3) is 1.16. The summed E-state index contributed by atoms with van der Waals surface area (Å²) in [6.07, 6.45) is 0.175. The second kappa shape index (κ2) is 2.62. The van der Waals surface area contributed by atoms with Crippen LogP contribution in [0.25, 0.3) is 0 Å². The summed E-state index contributed by atoms with van der Waals surface area (Å²) in [5.41, 5.74) is 1.76. The van der Waals surface area contributed by atoms with Crippen LogP contribution in [-0.4, -0.2) is 6.17 Å². The van der Waals surface area contributed by atoms with Gasteiger partial charge in [0.15, 0.2) is 0 Å². The number of halogens is 2. The predicted molar refractivity (Wildman–Crippen MR) is 50.8 cm³/mol. The maximum Gasteiger partial charge on any atom is 0.139 e. The summed E-state index contributed by atoms with van der Waals surface area (Å²) in [6.45, 7) is 1.98. The molecule has 2 N–H and O–H groups in total. The van der Waals surface area contributed by atoms with E-state index in [2.05, 4.69) is 26.6 Å². The van der Waals surface area contributed by atoms with Crippen molar-refractivity contribution in [2.45, 2.75) is 13.1 Å². The Morgan fingerprint density at radius 2 is 1.92 bits per heavy atom. The van der Waals surface area contributed by atoms with Gasteiger partial charge >= 0.3 is 0 Å². The van der Waals surface area contributed by atoms with Gasteiger partial charge < -0.3 is 10.6 Å². The summed E-state index contributed by atoms with van der Waals surface area (Å²) >= 11 is 3.13. The standard InChI is InChI=1S/C8H8BrFN2/c1-4-11-7-2-5(9)6(10)3-8(7)12-4/h2-4,11-12H,1H3. The van der Waals surface area contributed by atoms with E-state index in [4.69, 9.17) is 0 Å². The van der Waals surface area contributed by atoms with Gasteiger partial charge in [-0.15, -0.1) is 0 Å². The van der Waals surface area contributed by atoms with E-state index in [0.717, 1.165) is 11.4 Å². The summed E-state index contributed by atoms with van der Waals surface area (Å²) in [7, 11) is 0. The fraction of sp³-hybridized carbons (Fsp3) is 0.250. The Morgan fingerprint density at radius 1 is 1.33 bits per heavy atom. The van der Waals surface area contributed by atoms with Crippen molar-refractivity contribution in [1.29, 1.82) is 0 Å². The van der Waals surface area contributed by atoms with Crippen molar-refractivity contribution in [2.75, 3.05) is 10.6 Å². The van der Waals surface area contributed by atoms with E-state index >= 15 is 0 Å². The van der Waals surface area contributed by atoms with Crippen molar-refractivity contribution in [3.05, 3.63) is 22.4 Å². The molecule has 0 saturated heterocycles. The quantitative estimate of drug-likeness (QED) is 0.717. The Hall–Kier alpha value is -0.770. The van der Waals surface area contributed by atoms with Crippen LogP contribution in [0.5, 0.6) is 0 Å². The van der Waals surface area contributed by atoms with Gasteiger partial charge in [-0.2, -0.15) is 0 Å². The van der Waals surface area contributed by atoms with Crippen LogP contribution in [0.3, 0.4) is 0 Å². The lowest BCUT2D eigenvalue weighted by Gasteiger charge is -2.01. The number of nitrogens with one attached hydrogen (secondary N) is 2. The minimum Gasteiger partial charge on any atom is -0.364 e. The van der Waals surface area contributed by atoms with Crippen molar-refractivity contribution in [1.82, 2.24) is 0 Å². The summed E-state index contributed by atoms with van der Waals surface area (Å²) in [5.74, 6) is -0.239. The number of hydrogen-bond donors (Lipinski definition) is 2. The zero-order valence-electron chi connectivity index (χ0n) is 6.49. The number of fused-ring (bicyclic) bond motifs is 1. The van der Waals surface area contributed by atoms with Gasteiger partial charge in [-0.05, 0) is 28.9 Å². The van der Waals surface area contributed by atoms with Crippen LogP contribution in [0.1, 0.15) is 6.92 Å². The van der Waals surface area contributed by atoms with Crippen molar-refractivity contribution < 1.29 is 4.39 Å². The first-order valence-electron chi connectivity index (χ1n) is 3.69. The zero-order valence-corrected chi connectivity index (χ0v) is 8.07. The molecular formula is C8H8BrFN2. The highest BCUT2D eigenvalue weighted by Crippen LogP contribution is 2.33. The number of hydrogen-bond acceptors (Lipinski definition) is 2. The Bertz CT molecular complexity index is 296. The number of benzene rings is 1. The molecule has 0 aliphatic carbocycles. The highest BCUT2D eigenvalue weighted by atomic mass is 79.9. The fourth-order valence-corrected chi connectivity index (χ4v) is 1.63. The first-order chi connectivity index (χ1) is 5.66. The highest BCUT2D eigenvalue weighted by Gasteiger charge is 2.17. The maximum atomic E-state index is 13.0. The lowest BCUT2D eigenvalue weighted by Crippen LogP contribution is -2.16. The molecule has 1 aliphatic heterocycles. The van der Waals surface area contributed by atoms with Crippen LogP contribution in [0, 0.1) is 5.82 Å². The van der Waals surface area contributed by atoms with Crippen molar-refractivity contribution in [3.8, 4) is 0 Å². The van der Waals surface area contributed by atoms with Crippen molar-refractivity contribution in [2.24, 2.45) is 0 Å². The summed E-state index contributed by atoms with van der Waals surface area (Å²) in [4.78, 5) is 0. The van der Waals surface area contributed by atoms with E-state index in [-0.39, 0.29) is 12.0 Å². The van der Waals surface area contributed by atoms with Crippen LogP contribution >= 0.6 is 15.9 Å². The fourth-order valence-electron chi connectivity index (χ4n) is 1.29. The van der Waals surface area contributed by atoms with Crippen molar-refractivity contribution in [3.63, 3.8) is 0 Å². The van der Waals surface area contributed by atoms with Gasteiger partial charge in [0.1, 0.15) is 5.82 Å². The van der Waals surface area contributed by atoms with Crippen LogP contribution in [0.15, 0.2) is 16.6 Å². The van der Waals surface area contributed by atoms with Gasteiger partial charge in [-0.3, -0.25) is 0 Å². The summed E-state index contributed by atoms with van der Waals surface area (Å²) < 4.78 is 13.5. The topological polar surface area (TPSA) is 24.1 Å². The lowest BCUT2D eigenvalue weighted by molar-refractivity contribution is 0.622. The molecule has 1 aromatic rings. The number of anilines is 2. The van der Waals surface area contributed by atoms with E-state index < -0.39 is 0 Å². The molecule has 4 heteroatoms. The van der Waals surface area contributed by atoms with E-state index in [1.807, 2.05) is 6.92 Å². The first kappa shape index (κ1) is 7.86. The average molecular weight is 231 g/mol. The van der Waals surface area contributed by atoms with Gasteiger partial charge in [0.05, 0.1) is 22.0 Å². The molecule has 12 heavy (non-hydrogen) atoms. The SMILES string of the molecule is CC1Nc2cc(F)c(Br)cc2N1. The van der Waals surface area contributed by atoms with E-state index in [9.17, 15) is 4.39 Å². The molecule has 0 bridgehead atoms.